The molecule has 0 fully saturated rings. The maximum Gasteiger partial charge on any atom is 0.148 e. The molecule has 0 saturated heterocycles. The number of aryl methyl sites for hydroxylation is 2. The van der Waals surface area contributed by atoms with Gasteiger partial charge in [0.25, 0.3) is 0 Å². The Labute approximate surface area is 183 Å². The first-order chi connectivity index (χ1) is 15.2. The summed E-state index contributed by atoms with van der Waals surface area (Å²) in [6.45, 7) is 9.65. The molecular weight excluding hydrogens is 384 g/mol. The molecule has 0 aliphatic carbocycles. The second-order valence-electron chi connectivity index (χ2n) is 7.63. The Morgan fingerprint density at radius 1 is 0.903 bits per heavy atom. The molecule has 1 heterocycles. The minimum Gasteiger partial charge on any atom is -0.491 e. The van der Waals surface area contributed by atoms with Gasteiger partial charge >= 0.3 is 0 Å². The minimum atomic E-state index is 0.395. The molecule has 0 N–H and O–H groups in total. The zero-order valence-electron chi connectivity index (χ0n) is 18.2. The molecule has 158 valence electrons. The second kappa shape index (κ2) is 9.52. The van der Waals surface area contributed by atoms with Crippen molar-refractivity contribution in [2.24, 2.45) is 0 Å². The molecular formula is C27H28N2O2. The predicted octanol–water partition coefficient (Wildman–Crippen LogP) is 6.04. The van der Waals surface area contributed by atoms with Crippen LogP contribution in [0, 0.1) is 13.8 Å². The van der Waals surface area contributed by atoms with Crippen LogP contribution >= 0.6 is 0 Å². The Morgan fingerprint density at radius 2 is 1.65 bits per heavy atom. The number of benzene rings is 3. The average molecular weight is 413 g/mol. The van der Waals surface area contributed by atoms with Gasteiger partial charge in [-0.2, -0.15) is 0 Å². The first-order valence-electron chi connectivity index (χ1n) is 10.6. The highest BCUT2D eigenvalue weighted by Crippen LogP contribution is 2.24. The highest BCUT2D eigenvalue weighted by Gasteiger charge is 2.13. The van der Waals surface area contributed by atoms with E-state index >= 15 is 0 Å². The monoisotopic (exact) mass is 412 g/mol. The number of imidazole rings is 1. The van der Waals surface area contributed by atoms with Crippen LogP contribution in [0.3, 0.4) is 0 Å². The number of fused-ring (bicyclic) bond motifs is 1. The maximum atomic E-state index is 6.18. The molecule has 0 radical (unpaired) electrons. The first-order valence-corrected chi connectivity index (χ1v) is 10.6. The third kappa shape index (κ3) is 4.64. The number of hydrogen-bond donors (Lipinski definition) is 0. The molecule has 0 atom stereocenters. The predicted molar refractivity (Wildman–Crippen MR) is 126 cm³/mol. The van der Waals surface area contributed by atoms with Crippen LogP contribution in [0.2, 0.25) is 0 Å². The number of nitrogens with zero attached hydrogens (tertiary/aromatic N) is 2. The molecule has 0 spiro atoms. The fourth-order valence-corrected chi connectivity index (χ4v) is 3.86. The highest BCUT2D eigenvalue weighted by atomic mass is 16.5. The fourth-order valence-electron chi connectivity index (χ4n) is 3.86. The van der Waals surface area contributed by atoms with E-state index in [1.807, 2.05) is 42.5 Å². The molecule has 4 nitrogen and oxygen atoms in total. The molecule has 0 bridgehead atoms. The molecule has 0 unspecified atom stereocenters. The Balaban J connectivity index is 1.54. The Hall–Kier alpha value is -3.53. The van der Waals surface area contributed by atoms with Crippen LogP contribution in [0.1, 0.15) is 22.5 Å². The van der Waals surface area contributed by atoms with Gasteiger partial charge in [0.05, 0.1) is 17.6 Å². The molecule has 31 heavy (non-hydrogen) atoms. The van der Waals surface area contributed by atoms with Crippen LogP contribution in [0.5, 0.6) is 11.5 Å². The van der Waals surface area contributed by atoms with Crippen LogP contribution in [-0.2, 0) is 19.6 Å². The van der Waals surface area contributed by atoms with Gasteiger partial charge in [0.2, 0.25) is 0 Å². The summed E-state index contributed by atoms with van der Waals surface area (Å²) in [6, 6.07) is 22.5. The van der Waals surface area contributed by atoms with E-state index < -0.39 is 0 Å². The molecule has 0 saturated carbocycles. The maximum absolute atomic E-state index is 6.18. The molecule has 0 amide bonds. The summed E-state index contributed by atoms with van der Waals surface area (Å²) in [4.78, 5) is 4.83. The SMILES string of the molecule is C=CCc1ccccc1OCc1nc2ccccc2n1CCOc1c(C)cccc1C. The highest BCUT2D eigenvalue weighted by molar-refractivity contribution is 5.75. The molecule has 0 aliphatic heterocycles. The number of aromatic nitrogens is 2. The number of allylic oxidation sites excluding steroid dienone is 1. The summed E-state index contributed by atoms with van der Waals surface area (Å²) in [5.41, 5.74) is 5.48. The van der Waals surface area contributed by atoms with E-state index in [0.29, 0.717) is 19.8 Å². The van der Waals surface area contributed by atoms with Crippen molar-refractivity contribution in [1.29, 1.82) is 0 Å². The summed E-state index contributed by atoms with van der Waals surface area (Å²) >= 11 is 0. The van der Waals surface area contributed by atoms with Crippen LogP contribution in [0.25, 0.3) is 11.0 Å². The van der Waals surface area contributed by atoms with E-state index in [4.69, 9.17) is 14.5 Å². The largest absolute Gasteiger partial charge is 0.491 e. The van der Waals surface area contributed by atoms with E-state index in [-0.39, 0.29) is 0 Å². The van der Waals surface area contributed by atoms with Crippen LogP contribution in [0.4, 0.5) is 0 Å². The van der Waals surface area contributed by atoms with Gasteiger partial charge in [-0.05, 0) is 55.2 Å². The molecule has 4 heteroatoms. The lowest BCUT2D eigenvalue weighted by Crippen LogP contribution is -2.13. The van der Waals surface area contributed by atoms with Gasteiger partial charge in [0, 0.05) is 0 Å². The third-order valence-electron chi connectivity index (χ3n) is 5.40. The summed E-state index contributed by atoms with van der Waals surface area (Å²) in [7, 11) is 0. The lowest BCUT2D eigenvalue weighted by Gasteiger charge is -2.15. The van der Waals surface area contributed by atoms with E-state index in [1.54, 1.807) is 0 Å². The van der Waals surface area contributed by atoms with Crippen molar-refractivity contribution in [1.82, 2.24) is 9.55 Å². The zero-order chi connectivity index (χ0) is 21.6. The van der Waals surface area contributed by atoms with E-state index in [2.05, 4.69) is 55.3 Å². The zero-order valence-corrected chi connectivity index (χ0v) is 18.2. The molecule has 3 aromatic carbocycles. The lowest BCUT2D eigenvalue weighted by molar-refractivity contribution is 0.269. The van der Waals surface area contributed by atoms with Crippen molar-refractivity contribution >= 4 is 11.0 Å². The number of para-hydroxylation sites is 4. The van der Waals surface area contributed by atoms with Gasteiger partial charge in [-0.25, -0.2) is 4.98 Å². The van der Waals surface area contributed by atoms with Gasteiger partial charge in [-0.15, -0.1) is 6.58 Å². The minimum absolute atomic E-state index is 0.395. The van der Waals surface area contributed by atoms with Crippen LogP contribution in [-0.4, -0.2) is 16.2 Å². The standard InChI is InChI=1S/C27H28N2O2/c1-4-10-22-13-5-8-16-25(22)31-19-26-28-23-14-6-7-15-24(23)29(26)17-18-30-27-20(2)11-9-12-21(27)3/h4-9,11-16H,1,10,17-19H2,2-3H3. The van der Waals surface area contributed by atoms with E-state index in [1.165, 1.54) is 0 Å². The second-order valence-corrected chi connectivity index (χ2v) is 7.63. The van der Waals surface area contributed by atoms with E-state index in [0.717, 1.165) is 51.5 Å². The normalized spacial score (nSPS) is 10.9. The van der Waals surface area contributed by atoms with Crippen molar-refractivity contribution in [3.8, 4) is 11.5 Å². The third-order valence-corrected chi connectivity index (χ3v) is 5.40. The van der Waals surface area contributed by atoms with Gasteiger partial charge in [0.1, 0.15) is 30.5 Å². The molecule has 1 aromatic heterocycles. The fraction of sp³-hybridized carbons (Fsp3) is 0.222. The first kappa shape index (κ1) is 20.7. The lowest BCUT2D eigenvalue weighted by atomic mass is 10.1. The quantitative estimate of drug-likeness (QED) is 0.315. The molecule has 4 aromatic rings. The van der Waals surface area contributed by atoms with Crippen LogP contribution < -0.4 is 9.47 Å². The Morgan fingerprint density at radius 3 is 2.45 bits per heavy atom. The molecule has 0 aliphatic rings. The topological polar surface area (TPSA) is 36.3 Å². The van der Waals surface area contributed by atoms with E-state index in [9.17, 15) is 0 Å². The average Bonchev–Trinajstić information content (AvgIpc) is 3.13. The number of ether oxygens (including phenoxy) is 2. The summed E-state index contributed by atoms with van der Waals surface area (Å²) in [6.07, 6.45) is 2.67. The Kier molecular flexibility index (Phi) is 6.37. The van der Waals surface area contributed by atoms with Crippen molar-refractivity contribution in [3.05, 3.63) is 102 Å². The van der Waals surface area contributed by atoms with Crippen molar-refractivity contribution in [2.45, 2.75) is 33.4 Å². The van der Waals surface area contributed by atoms with Crippen molar-refractivity contribution in [2.75, 3.05) is 6.61 Å². The summed E-state index contributed by atoms with van der Waals surface area (Å²) in [5.74, 6) is 2.72. The van der Waals surface area contributed by atoms with Gasteiger partial charge < -0.3 is 14.0 Å². The number of rotatable bonds is 9. The van der Waals surface area contributed by atoms with Crippen LogP contribution in [0.15, 0.2) is 79.4 Å². The number of hydrogen-bond acceptors (Lipinski definition) is 3. The van der Waals surface area contributed by atoms with Gasteiger partial charge in [0.15, 0.2) is 0 Å². The summed E-state index contributed by atoms with van der Waals surface area (Å²) < 4.78 is 14.5. The smallest absolute Gasteiger partial charge is 0.148 e. The molecule has 4 rings (SSSR count). The van der Waals surface area contributed by atoms with Gasteiger partial charge in [-0.1, -0.05) is 54.6 Å². The Bertz CT molecular complexity index is 1170. The van der Waals surface area contributed by atoms with Gasteiger partial charge in [-0.3, -0.25) is 0 Å². The summed E-state index contributed by atoms with van der Waals surface area (Å²) in [5, 5.41) is 0. The van der Waals surface area contributed by atoms with Crippen molar-refractivity contribution in [3.63, 3.8) is 0 Å². The van der Waals surface area contributed by atoms with Crippen molar-refractivity contribution < 1.29 is 9.47 Å².